The standard InChI is InChI=1S/C30H26ClN3O3S/c1-2-37-30(36)27-26(21-13-15-23(31)16-14-21)24(17-32)29(34-28(27)22-11-7-4-8-12-22)38-19-25(35)33-18-20-9-5-3-6-10-20/h3-16,26,34H,2,18-19H2,1H3,(H,33,35)/t26-/m0/s1. The zero-order valence-electron chi connectivity index (χ0n) is 20.7. The zero-order chi connectivity index (χ0) is 26.9. The molecular formula is C30H26ClN3O3S. The third kappa shape index (κ3) is 6.46. The molecule has 1 atom stereocenters. The molecule has 4 rings (SSSR count). The minimum Gasteiger partial charge on any atom is -0.463 e. The van der Waals surface area contributed by atoms with E-state index in [0.717, 1.165) is 16.7 Å². The maximum Gasteiger partial charge on any atom is 0.337 e. The number of rotatable bonds is 9. The highest BCUT2D eigenvalue weighted by Gasteiger charge is 2.37. The lowest BCUT2D eigenvalue weighted by molar-refractivity contribution is -0.138. The highest BCUT2D eigenvalue weighted by atomic mass is 35.5. The first kappa shape index (κ1) is 27.1. The fourth-order valence-corrected chi connectivity index (χ4v) is 5.13. The van der Waals surface area contributed by atoms with E-state index < -0.39 is 11.9 Å². The van der Waals surface area contributed by atoms with Gasteiger partial charge in [-0.25, -0.2) is 4.79 Å². The van der Waals surface area contributed by atoms with Crippen LogP contribution in [0.5, 0.6) is 0 Å². The van der Waals surface area contributed by atoms with Gasteiger partial charge in [-0.15, -0.1) is 0 Å². The molecular weight excluding hydrogens is 518 g/mol. The van der Waals surface area contributed by atoms with E-state index in [0.29, 0.717) is 33.4 Å². The van der Waals surface area contributed by atoms with Crippen LogP contribution < -0.4 is 10.6 Å². The van der Waals surface area contributed by atoms with E-state index >= 15 is 0 Å². The number of nitrogens with zero attached hydrogens (tertiary/aromatic N) is 1. The number of hydrogen-bond acceptors (Lipinski definition) is 6. The molecule has 3 aromatic rings. The molecule has 0 bridgehead atoms. The van der Waals surface area contributed by atoms with Crippen LogP contribution in [-0.2, 0) is 20.9 Å². The van der Waals surface area contributed by atoms with E-state index in [-0.39, 0.29) is 18.3 Å². The van der Waals surface area contributed by atoms with Crippen LogP contribution in [-0.4, -0.2) is 24.2 Å². The number of nitrogens with one attached hydrogen (secondary N) is 2. The summed E-state index contributed by atoms with van der Waals surface area (Å²) in [4.78, 5) is 26.0. The summed E-state index contributed by atoms with van der Waals surface area (Å²) in [6.07, 6.45) is 0. The molecule has 1 heterocycles. The number of benzene rings is 3. The van der Waals surface area contributed by atoms with Crippen molar-refractivity contribution in [2.24, 2.45) is 0 Å². The largest absolute Gasteiger partial charge is 0.463 e. The monoisotopic (exact) mass is 543 g/mol. The molecule has 0 aliphatic carbocycles. The van der Waals surface area contributed by atoms with Crippen LogP contribution in [0, 0.1) is 11.3 Å². The van der Waals surface area contributed by atoms with Gasteiger partial charge in [-0.1, -0.05) is 96.2 Å². The topological polar surface area (TPSA) is 91.2 Å². The minimum atomic E-state index is -0.706. The summed E-state index contributed by atoms with van der Waals surface area (Å²) in [6.45, 7) is 2.34. The molecule has 1 amide bonds. The Labute approximate surface area is 231 Å². The number of esters is 1. The van der Waals surface area contributed by atoms with Crippen LogP contribution in [0.3, 0.4) is 0 Å². The summed E-state index contributed by atoms with van der Waals surface area (Å²) in [7, 11) is 0. The molecule has 0 spiro atoms. The van der Waals surface area contributed by atoms with E-state index in [1.807, 2.05) is 60.7 Å². The quantitative estimate of drug-likeness (QED) is 0.332. The summed E-state index contributed by atoms with van der Waals surface area (Å²) in [5, 5.41) is 17.5. The van der Waals surface area contributed by atoms with Crippen molar-refractivity contribution in [2.75, 3.05) is 12.4 Å². The number of allylic oxidation sites excluding steroid dienone is 1. The van der Waals surface area contributed by atoms with E-state index in [9.17, 15) is 14.9 Å². The molecule has 0 aromatic heterocycles. The Morgan fingerprint density at radius 2 is 1.68 bits per heavy atom. The number of halogens is 1. The van der Waals surface area contributed by atoms with Crippen molar-refractivity contribution < 1.29 is 14.3 Å². The van der Waals surface area contributed by atoms with Crippen molar-refractivity contribution in [1.29, 1.82) is 5.26 Å². The number of dihydropyridines is 1. The van der Waals surface area contributed by atoms with Gasteiger partial charge in [-0.05, 0) is 35.7 Å². The molecule has 8 heteroatoms. The van der Waals surface area contributed by atoms with Gasteiger partial charge >= 0.3 is 5.97 Å². The van der Waals surface area contributed by atoms with Gasteiger partial charge in [0.1, 0.15) is 0 Å². The lowest BCUT2D eigenvalue weighted by Crippen LogP contribution is -2.30. The molecule has 2 N–H and O–H groups in total. The first-order valence-corrected chi connectivity index (χ1v) is 13.4. The molecule has 0 saturated heterocycles. The van der Waals surface area contributed by atoms with Gasteiger partial charge in [-0.3, -0.25) is 4.79 Å². The highest BCUT2D eigenvalue weighted by Crippen LogP contribution is 2.43. The predicted octanol–water partition coefficient (Wildman–Crippen LogP) is 5.79. The summed E-state index contributed by atoms with van der Waals surface area (Å²) < 4.78 is 5.44. The number of amides is 1. The fraction of sp³-hybridized carbons (Fsp3) is 0.167. The Morgan fingerprint density at radius 3 is 2.32 bits per heavy atom. The van der Waals surface area contributed by atoms with Crippen LogP contribution >= 0.6 is 23.4 Å². The van der Waals surface area contributed by atoms with Crippen molar-refractivity contribution in [2.45, 2.75) is 19.4 Å². The first-order valence-electron chi connectivity index (χ1n) is 12.1. The average molecular weight is 544 g/mol. The van der Waals surface area contributed by atoms with Crippen LogP contribution in [0.15, 0.2) is 101 Å². The predicted molar refractivity (Wildman–Crippen MR) is 151 cm³/mol. The number of nitriles is 1. The zero-order valence-corrected chi connectivity index (χ0v) is 22.3. The van der Waals surface area contributed by atoms with Crippen LogP contribution in [0.2, 0.25) is 5.02 Å². The molecule has 0 fully saturated rings. The van der Waals surface area contributed by atoms with Crippen LogP contribution in [0.25, 0.3) is 5.70 Å². The lowest BCUT2D eigenvalue weighted by Gasteiger charge is -2.30. The number of ether oxygens (including phenoxy) is 1. The van der Waals surface area contributed by atoms with E-state index in [1.165, 1.54) is 11.8 Å². The molecule has 0 unspecified atom stereocenters. The number of carbonyl (C=O) groups is 2. The summed E-state index contributed by atoms with van der Waals surface area (Å²) in [5.41, 5.74) is 3.67. The Hall–Kier alpha value is -3.99. The fourth-order valence-electron chi connectivity index (χ4n) is 4.13. The van der Waals surface area contributed by atoms with Crippen molar-refractivity contribution in [3.8, 4) is 6.07 Å². The summed E-state index contributed by atoms with van der Waals surface area (Å²) >= 11 is 7.36. The maximum absolute atomic E-state index is 13.3. The van der Waals surface area contributed by atoms with E-state index in [1.54, 1.807) is 31.2 Å². The molecule has 6 nitrogen and oxygen atoms in total. The Kier molecular flexibility index (Phi) is 9.26. The van der Waals surface area contributed by atoms with Gasteiger partial charge in [0.2, 0.25) is 5.91 Å². The molecule has 1 aliphatic heterocycles. The van der Waals surface area contributed by atoms with Crippen molar-refractivity contribution in [3.63, 3.8) is 0 Å². The maximum atomic E-state index is 13.3. The third-order valence-electron chi connectivity index (χ3n) is 5.89. The summed E-state index contributed by atoms with van der Waals surface area (Å²) in [5.74, 6) is -1.31. The van der Waals surface area contributed by atoms with Gasteiger partial charge in [-0.2, -0.15) is 5.26 Å². The first-order chi connectivity index (χ1) is 18.5. The van der Waals surface area contributed by atoms with E-state index in [4.69, 9.17) is 16.3 Å². The number of thioether (sulfide) groups is 1. The Bertz CT molecular complexity index is 1400. The number of carbonyl (C=O) groups excluding carboxylic acids is 2. The smallest absolute Gasteiger partial charge is 0.337 e. The molecule has 0 radical (unpaired) electrons. The second-order valence-corrected chi connectivity index (χ2v) is 9.81. The Balaban J connectivity index is 1.71. The lowest BCUT2D eigenvalue weighted by atomic mass is 9.81. The van der Waals surface area contributed by atoms with Gasteiger partial charge in [0, 0.05) is 11.6 Å². The van der Waals surface area contributed by atoms with Crippen molar-refractivity contribution in [1.82, 2.24) is 10.6 Å². The second-order valence-electron chi connectivity index (χ2n) is 8.39. The number of hydrogen-bond donors (Lipinski definition) is 2. The van der Waals surface area contributed by atoms with Gasteiger partial charge in [0.05, 0.1) is 46.2 Å². The minimum absolute atomic E-state index is 0.0878. The molecule has 192 valence electrons. The average Bonchev–Trinajstić information content (AvgIpc) is 2.95. The Morgan fingerprint density at radius 1 is 1.03 bits per heavy atom. The molecule has 0 saturated carbocycles. The van der Waals surface area contributed by atoms with Gasteiger partial charge in [0.25, 0.3) is 0 Å². The van der Waals surface area contributed by atoms with Crippen LogP contribution in [0.1, 0.15) is 29.5 Å². The molecule has 38 heavy (non-hydrogen) atoms. The highest BCUT2D eigenvalue weighted by molar-refractivity contribution is 8.03. The SMILES string of the molecule is CCOC(=O)C1=C(c2ccccc2)NC(SCC(=O)NCc2ccccc2)=C(C#N)[C@@H]1c1ccc(Cl)cc1. The van der Waals surface area contributed by atoms with E-state index in [2.05, 4.69) is 16.7 Å². The second kappa shape index (κ2) is 13.0. The van der Waals surface area contributed by atoms with Crippen molar-refractivity contribution >= 4 is 40.9 Å². The van der Waals surface area contributed by atoms with Crippen LogP contribution in [0.4, 0.5) is 0 Å². The third-order valence-corrected chi connectivity index (χ3v) is 7.16. The van der Waals surface area contributed by atoms with Gasteiger partial charge < -0.3 is 15.4 Å². The molecule has 3 aromatic carbocycles. The summed E-state index contributed by atoms with van der Waals surface area (Å²) in [6, 6.07) is 28.4. The molecule has 1 aliphatic rings. The normalized spacial score (nSPS) is 14.9. The van der Waals surface area contributed by atoms with Crippen molar-refractivity contribution in [3.05, 3.63) is 123 Å². The van der Waals surface area contributed by atoms with Gasteiger partial charge in [0.15, 0.2) is 0 Å².